The number of pyridine rings is 1. The van der Waals surface area contributed by atoms with Gasteiger partial charge in [-0.3, -0.25) is 4.98 Å². The Morgan fingerprint density at radius 3 is 2.21 bits per heavy atom. The van der Waals surface area contributed by atoms with E-state index in [1.54, 1.807) is 25.0 Å². The van der Waals surface area contributed by atoms with Crippen molar-refractivity contribution in [2.45, 2.75) is 0 Å². The Labute approximate surface area is 163 Å². The molecule has 5 heterocycles. The van der Waals surface area contributed by atoms with Crippen LogP contribution in [0, 0.1) is 0 Å². The van der Waals surface area contributed by atoms with Crippen molar-refractivity contribution in [2.75, 3.05) is 67.2 Å². The van der Waals surface area contributed by atoms with Crippen LogP contribution in [0.4, 0.5) is 17.5 Å². The van der Waals surface area contributed by atoms with E-state index in [1.807, 2.05) is 6.07 Å². The standard InChI is InChI=1S/C19H22N8O/c1-2-20-12-16-15(1)19(24-13-21-16)27-5-3-25(4-6-27)17-11-18(23-14-22-17)26-7-9-28-10-8-26/h1-2,11-14H,3-10H2. The first-order chi connectivity index (χ1) is 13.9. The second kappa shape index (κ2) is 7.51. The normalized spacial score (nSPS) is 17.9. The lowest BCUT2D eigenvalue weighted by Gasteiger charge is -2.36. The molecule has 2 aliphatic heterocycles. The topological polar surface area (TPSA) is 83.4 Å². The van der Waals surface area contributed by atoms with E-state index in [0.29, 0.717) is 0 Å². The van der Waals surface area contributed by atoms with Gasteiger partial charge in [-0.2, -0.15) is 0 Å². The molecule has 0 aromatic carbocycles. The van der Waals surface area contributed by atoms with Crippen LogP contribution in [0.15, 0.2) is 37.2 Å². The molecule has 0 bridgehead atoms. The third kappa shape index (κ3) is 3.29. The summed E-state index contributed by atoms with van der Waals surface area (Å²) in [6.07, 6.45) is 6.85. The Morgan fingerprint density at radius 1 is 0.750 bits per heavy atom. The molecule has 0 amide bonds. The first kappa shape index (κ1) is 17.1. The fraction of sp³-hybridized carbons (Fsp3) is 0.421. The van der Waals surface area contributed by atoms with Gasteiger partial charge in [0, 0.05) is 56.9 Å². The molecule has 0 N–H and O–H groups in total. The molecule has 144 valence electrons. The number of anilines is 3. The first-order valence-corrected chi connectivity index (χ1v) is 9.58. The van der Waals surface area contributed by atoms with Crippen molar-refractivity contribution in [1.29, 1.82) is 0 Å². The highest BCUT2D eigenvalue weighted by molar-refractivity contribution is 5.88. The van der Waals surface area contributed by atoms with Gasteiger partial charge in [0.15, 0.2) is 0 Å². The molecule has 2 aliphatic rings. The average molecular weight is 378 g/mol. The summed E-state index contributed by atoms with van der Waals surface area (Å²) in [7, 11) is 0. The van der Waals surface area contributed by atoms with Crippen molar-refractivity contribution >= 4 is 28.4 Å². The van der Waals surface area contributed by atoms with Crippen LogP contribution in [0.3, 0.4) is 0 Å². The van der Waals surface area contributed by atoms with E-state index in [-0.39, 0.29) is 0 Å². The molecule has 0 saturated carbocycles. The predicted molar refractivity (Wildman–Crippen MR) is 107 cm³/mol. The molecule has 2 fully saturated rings. The van der Waals surface area contributed by atoms with Crippen molar-refractivity contribution < 1.29 is 4.74 Å². The molecule has 3 aromatic rings. The van der Waals surface area contributed by atoms with E-state index in [9.17, 15) is 0 Å². The van der Waals surface area contributed by atoms with Gasteiger partial charge in [-0.1, -0.05) is 0 Å². The molecule has 0 unspecified atom stereocenters. The number of aromatic nitrogens is 5. The van der Waals surface area contributed by atoms with Gasteiger partial charge in [0.2, 0.25) is 0 Å². The van der Waals surface area contributed by atoms with Crippen LogP contribution in [0.5, 0.6) is 0 Å². The molecule has 3 aromatic heterocycles. The second-order valence-electron chi connectivity index (χ2n) is 6.90. The molecule has 2 saturated heterocycles. The lowest BCUT2D eigenvalue weighted by molar-refractivity contribution is 0.122. The number of nitrogens with zero attached hydrogens (tertiary/aromatic N) is 8. The number of morpholine rings is 1. The monoisotopic (exact) mass is 378 g/mol. The summed E-state index contributed by atoms with van der Waals surface area (Å²) in [5.41, 5.74) is 0.876. The molecular weight excluding hydrogens is 356 g/mol. The maximum absolute atomic E-state index is 5.44. The number of hydrogen-bond donors (Lipinski definition) is 0. The summed E-state index contributed by atoms with van der Waals surface area (Å²) in [5, 5.41) is 1.04. The Bertz CT molecular complexity index is 948. The lowest BCUT2D eigenvalue weighted by atomic mass is 10.2. The zero-order chi connectivity index (χ0) is 18.8. The van der Waals surface area contributed by atoms with Gasteiger partial charge in [-0.15, -0.1) is 0 Å². The first-order valence-electron chi connectivity index (χ1n) is 9.58. The largest absolute Gasteiger partial charge is 0.378 e. The third-order valence-electron chi connectivity index (χ3n) is 5.29. The average Bonchev–Trinajstić information content (AvgIpc) is 2.79. The van der Waals surface area contributed by atoms with Gasteiger partial charge in [0.05, 0.1) is 24.9 Å². The Kier molecular flexibility index (Phi) is 4.58. The molecule has 0 aliphatic carbocycles. The minimum atomic E-state index is 0.750. The van der Waals surface area contributed by atoms with Gasteiger partial charge in [-0.05, 0) is 6.07 Å². The number of piperazine rings is 1. The van der Waals surface area contributed by atoms with Gasteiger partial charge in [0.1, 0.15) is 30.1 Å². The van der Waals surface area contributed by atoms with Crippen molar-refractivity contribution in [2.24, 2.45) is 0 Å². The van der Waals surface area contributed by atoms with Crippen molar-refractivity contribution in [3.05, 3.63) is 37.2 Å². The zero-order valence-electron chi connectivity index (χ0n) is 15.6. The summed E-state index contributed by atoms with van der Waals surface area (Å²) >= 11 is 0. The van der Waals surface area contributed by atoms with Crippen LogP contribution < -0.4 is 14.7 Å². The van der Waals surface area contributed by atoms with Crippen LogP contribution in [0.1, 0.15) is 0 Å². The fourth-order valence-corrected chi connectivity index (χ4v) is 3.77. The summed E-state index contributed by atoms with van der Waals surface area (Å²) in [6, 6.07) is 4.07. The van der Waals surface area contributed by atoms with E-state index in [0.717, 1.165) is 80.8 Å². The van der Waals surface area contributed by atoms with Gasteiger partial charge < -0.3 is 19.4 Å². The Morgan fingerprint density at radius 2 is 1.43 bits per heavy atom. The zero-order valence-corrected chi connectivity index (χ0v) is 15.6. The maximum Gasteiger partial charge on any atom is 0.140 e. The third-order valence-corrected chi connectivity index (χ3v) is 5.29. The van der Waals surface area contributed by atoms with E-state index in [2.05, 4.69) is 45.7 Å². The van der Waals surface area contributed by atoms with E-state index in [1.165, 1.54) is 0 Å². The van der Waals surface area contributed by atoms with Gasteiger partial charge in [-0.25, -0.2) is 19.9 Å². The molecule has 9 nitrogen and oxygen atoms in total. The van der Waals surface area contributed by atoms with E-state index >= 15 is 0 Å². The Balaban J connectivity index is 1.31. The minimum Gasteiger partial charge on any atom is -0.378 e. The van der Waals surface area contributed by atoms with Crippen LogP contribution in [0.2, 0.25) is 0 Å². The smallest absolute Gasteiger partial charge is 0.140 e. The predicted octanol–water partition coefficient (Wildman–Crippen LogP) is 0.978. The van der Waals surface area contributed by atoms with Gasteiger partial charge >= 0.3 is 0 Å². The highest BCUT2D eigenvalue weighted by Gasteiger charge is 2.22. The van der Waals surface area contributed by atoms with Crippen molar-refractivity contribution in [3.63, 3.8) is 0 Å². The van der Waals surface area contributed by atoms with Crippen LogP contribution in [0.25, 0.3) is 10.9 Å². The molecule has 0 radical (unpaired) electrons. The van der Waals surface area contributed by atoms with Crippen LogP contribution >= 0.6 is 0 Å². The lowest BCUT2D eigenvalue weighted by Crippen LogP contribution is -2.47. The molecule has 0 atom stereocenters. The minimum absolute atomic E-state index is 0.750. The maximum atomic E-state index is 5.44. The number of ether oxygens (including phenoxy) is 1. The quantitative estimate of drug-likeness (QED) is 0.662. The highest BCUT2D eigenvalue weighted by atomic mass is 16.5. The van der Waals surface area contributed by atoms with Crippen LogP contribution in [-0.4, -0.2) is 77.4 Å². The van der Waals surface area contributed by atoms with Gasteiger partial charge in [0.25, 0.3) is 0 Å². The molecular formula is C19H22N8O. The highest BCUT2D eigenvalue weighted by Crippen LogP contribution is 2.25. The SMILES string of the molecule is c1cc2c(N3CCN(c4cc(N5CCOCC5)ncn4)CC3)ncnc2cn1. The van der Waals surface area contributed by atoms with Crippen molar-refractivity contribution in [1.82, 2.24) is 24.9 Å². The van der Waals surface area contributed by atoms with E-state index < -0.39 is 0 Å². The van der Waals surface area contributed by atoms with Crippen LogP contribution in [-0.2, 0) is 4.74 Å². The molecule has 5 rings (SSSR count). The number of rotatable bonds is 3. The van der Waals surface area contributed by atoms with Crippen molar-refractivity contribution in [3.8, 4) is 0 Å². The fourth-order valence-electron chi connectivity index (χ4n) is 3.77. The number of fused-ring (bicyclic) bond motifs is 1. The summed E-state index contributed by atoms with van der Waals surface area (Å²) in [5.74, 6) is 2.93. The number of hydrogen-bond acceptors (Lipinski definition) is 9. The Hall–Kier alpha value is -3.07. The summed E-state index contributed by atoms with van der Waals surface area (Å²) in [6.45, 7) is 6.78. The molecule has 0 spiro atoms. The molecule has 28 heavy (non-hydrogen) atoms. The summed E-state index contributed by atoms with van der Waals surface area (Å²) in [4.78, 5) is 28.8. The summed E-state index contributed by atoms with van der Waals surface area (Å²) < 4.78 is 5.44. The second-order valence-corrected chi connectivity index (χ2v) is 6.90. The van der Waals surface area contributed by atoms with E-state index in [4.69, 9.17) is 4.74 Å². The molecule has 9 heteroatoms.